The summed E-state index contributed by atoms with van der Waals surface area (Å²) in [6.07, 6.45) is -1.86. The van der Waals surface area contributed by atoms with Crippen LogP contribution in [-0.2, 0) is 40.1 Å². The average Bonchev–Trinajstić information content (AvgIpc) is 3.19. The molecule has 2 aromatic carbocycles. The molecule has 1 aliphatic rings. The minimum atomic E-state index is -0.706. The number of thioether (sulfide) groups is 3. The molecule has 3 rings (SSSR count). The number of ether oxygens (including phenoxy) is 3. The van der Waals surface area contributed by atoms with E-state index in [0.29, 0.717) is 5.75 Å². The van der Waals surface area contributed by atoms with E-state index in [4.69, 9.17) is 14.2 Å². The Hall–Kier alpha value is -2.10. The van der Waals surface area contributed by atoms with E-state index >= 15 is 0 Å². The molecule has 35 heavy (non-hydrogen) atoms. The number of rotatable bonds is 11. The lowest BCUT2D eigenvalue weighted by molar-refractivity contribution is -0.165. The van der Waals surface area contributed by atoms with Crippen molar-refractivity contribution >= 4 is 53.2 Å². The lowest BCUT2D eigenvalue weighted by Crippen LogP contribution is -2.46. The van der Waals surface area contributed by atoms with Crippen molar-refractivity contribution in [1.29, 1.82) is 0 Å². The van der Waals surface area contributed by atoms with E-state index in [2.05, 4.69) is 24.3 Å². The van der Waals surface area contributed by atoms with Gasteiger partial charge in [0.2, 0.25) is 0 Å². The number of carbonyl (C=O) groups is 3. The van der Waals surface area contributed by atoms with Crippen molar-refractivity contribution in [3.8, 4) is 0 Å². The van der Waals surface area contributed by atoms with Crippen LogP contribution in [0.4, 0.5) is 0 Å². The molecular weight excluding hydrogens is 504 g/mol. The maximum absolute atomic E-state index is 12.2. The van der Waals surface area contributed by atoms with Crippen molar-refractivity contribution in [2.24, 2.45) is 0 Å². The van der Waals surface area contributed by atoms with E-state index in [1.807, 2.05) is 36.4 Å². The van der Waals surface area contributed by atoms with Crippen molar-refractivity contribution in [2.45, 2.75) is 60.4 Å². The quantitative estimate of drug-likeness (QED) is 0.222. The number of carbonyl (C=O) groups excluding carboxylic acids is 3. The summed E-state index contributed by atoms with van der Waals surface area (Å²) in [7, 11) is 0. The van der Waals surface area contributed by atoms with Crippen LogP contribution in [0.3, 0.4) is 0 Å². The number of esters is 3. The van der Waals surface area contributed by atoms with Crippen molar-refractivity contribution < 1.29 is 28.6 Å². The summed E-state index contributed by atoms with van der Waals surface area (Å²) in [5.74, 6) is 0.609. The molecule has 1 saturated heterocycles. The lowest BCUT2D eigenvalue weighted by atomic mass is 10.1. The van der Waals surface area contributed by atoms with Crippen molar-refractivity contribution in [3.63, 3.8) is 0 Å². The van der Waals surface area contributed by atoms with Crippen LogP contribution < -0.4 is 0 Å². The molecular formula is C26H30O6S3. The third-order valence-corrected chi connectivity index (χ3v) is 9.62. The van der Waals surface area contributed by atoms with Crippen LogP contribution in [-0.4, -0.2) is 51.8 Å². The first-order valence-electron chi connectivity index (χ1n) is 11.3. The Bertz CT molecular complexity index is 928. The van der Waals surface area contributed by atoms with Crippen molar-refractivity contribution in [2.75, 3.05) is 5.75 Å². The summed E-state index contributed by atoms with van der Waals surface area (Å²) >= 11 is 4.89. The Balaban J connectivity index is 1.87. The summed E-state index contributed by atoms with van der Waals surface area (Å²) in [6.45, 7) is 4.05. The molecule has 0 bridgehead atoms. The summed E-state index contributed by atoms with van der Waals surface area (Å²) in [5.41, 5.74) is 2.33. The molecule has 1 fully saturated rings. The van der Waals surface area contributed by atoms with Gasteiger partial charge in [-0.25, -0.2) is 0 Å². The molecule has 0 amide bonds. The van der Waals surface area contributed by atoms with Gasteiger partial charge in [-0.15, -0.1) is 35.3 Å². The molecule has 0 unspecified atom stereocenters. The zero-order valence-electron chi connectivity index (χ0n) is 20.0. The minimum absolute atomic E-state index is 0.147. The standard InChI is InChI=1S/C26H30O6S3/c1-17(27)30-22-16-33-25(23(22)31-18(2)28)24(32-19(3)29)26(34-14-20-10-6-4-7-11-20)35-15-21-12-8-5-9-13-21/h4-13,22-26H,14-16H2,1-3H3/t22-,23-,24-,25-/m1/s1. The molecule has 0 aromatic heterocycles. The molecule has 0 N–H and O–H groups in total. The van der Waals surface area contributed by atoms with Crippen LogP contribution in [0.5, 0.6) is 0 Å². The topological polar surface area (TPSA) is 78.9 Å². The molecule has 0 aliphatic carbocycles. The normalized spacial score (nSPS) is 20.3. The van der Waals surface area contributed by atoms with Gasteiger partial charge >= 0.3 is 17.9 Å². The van der Waals surface area contributed by atoms with Gasteiger partial charge in [-0.2, -0.15) is 0 Å². The molecule has 0 saturated carbocycles. The first kappa shape index (κ1) is 27.5. The van der Waals surface area contributed by atoms with Gasteiger partial charge < -0.3 is 14.2 Å². The van der Waals surface area contributed by atoms with Gasteiger partial charge in [0, 0.05) is 38.0 Å². The molecule has 9 heteroatoms. The first-order valence-corrected chi connectivity index (χ1v) is 14.4. The minimum Gasteiger partial charge on any atom is -0.459 e. The van der Waals surface area contributed by atoms with E-state index in [-0.39, 0.29) is 9.83 Å². The molecule has 1 heterocycles. The molecule has 0 radical (unpaired) electrons. The second kappa shape index (κ2) is 13.8. The van der Waals surface area contributed by atoms with Gasteiger partial charge in [0.15, 0.2) is 6.10 Å². The van der Waals surface area contributed by atoms with Gasteiger partial charge in [0.1, 0.15) is 12.2 Å². The molecule has 6 nitrogen and oxygen atoms in total. The second-order valence-corrected chi connectivity index (χ2v) is 11.8. The van der Waals surface area contributed by atoms with Crippen LogP contribution >= 0.6 is 35.3 Å². The number of hydrogen-bond donors (Lipinski definition) is 0. The fourth-order valence-electron chi connectivity index (χ4n) is 3.75. The number of hydrogen-bond acceptors (Lipinski definition) is 9. The van der Waals surface area contributed by atoms with Gasteiger partial charge in [0.05, 0.1) is 9.83 Å². The smallest absolute Gasteiger partial charge is 0.303 e. The van der Waals surface area contributed by atoms with E-state index in [0.717, 1.165) is 22.6 Å². The molecule has 2 aromatic rings. The summed E-state index contributed by atoms with van der Waals surface area (Å²) < 4.78 is 16.8. The second-order valence-electron chi connectivity index (χ2n) is 8.06. The van der Waals surface area contributed by atoms with E-state index in [1.54, 1.807) is 23.5 Å². The van der Waals surface area contributed by atoms with Crippen molar-refractivity contribution in [1.82, 2.24) is 0 Å². The average molecular weight is 535 g/mol. The van der Waals surface area contributed by atoms with Crippen LogP contribution in [0.2, 0.25) is 0 Å². The third kappa shape index (κ3) is 8.81. The predicted molar refractivity (Wildman–Crippen MR) is 142 cm³/mol. The first-order chi connectivity index (χ1) is 16.8. The maximum atomic E-state index is 12.2. The largest absolute Gasteiger partial charge is 0.459 e. The van der Waals surface area contributed by atoms with Crippen molar-refractivity contribution in [3.05, 3.63) is 71.8 Å². The zero-order chi connectivity index (χ0) is 25.2. The van der Waals surface area contributed by atoms with Crippen LogP contribution in [0.15, 0.2) is 60.7 Å². The summed E-state index contributed by atoms with van der Waals surface area (Å²) in [6, 6.07) is 20.2. The Morgan fingerprint density at radius 1 is 0.829 bits per heavy atom. The highest BCUT2D eigenvalue weighted by atomic mass is 32.2. The Morgan fingerprint density at radius 3 is 1.80 bits per heavy atom. The molecule has 0 spiro atoms. The van der Waals surface area contributed by atoms with Crippen LogP contribution in [0.1, 0.15) is 31.9 Å². The molecule has 188 valence electrons. The number of benzene rings is 2. The predicted octanol–water partition coefficient (Wildman–Crippen LogP) is 5.09. The van der Waals surface area contributed by atoms with Gasteiger partial charge in [-0.1, -0.05) is 60.7 Å². The zero-order valence-corrected chi connectivity index (χ0v) is 22.4. The van der Waals surface area contributed by atoms with Crippen LogP contribution in [0, 0.1) is 0 Å². The third-order valence-electron chi connectivity index (χ3n) is 5.17. The summed E-state index contributed by atoms with van der Waals surface area (Å²) in [5, 5.41) is -0.372. The van der Waals surface area contributed by atoms with Gasteiger partial charge in [0.25, 0.3) is 0 Å². The fourth-order valence-corrected chi connectivity index (χ4v) is 8.16. The Labute approximate surface area is 219 Å². The highest BCUT2D eigenvalue weighted by Crippen LogP contribution is 2.43. The van der Waals surface area contributed by atoms with E-state index < -0.39 is 36.2 Å². The summed E-state index contributed by atoms with van der Waals surface area (Å²) in [4.78, 5) is 35.8. The Kier molecular flexibility index (Phi) is 10.9. The van der Waals surface area contributed by atoms with Crippen LogP contribution in [0.25, 0.3) is 0 Å². The Morgan fingerprint density at radius 2 is 1.34 bits per heavy atom. The van der Waals surface area contributed by atoms with E-state index in [1.165, 1.54) is 32.5 Å². The highest BCUT2D eigenvalue weighted by molar-refractivity contribution is 8.16. The van der Waals surface area contributed by atoms with Gasteiger partial charge in [-0.05, 0) is 11.1 Å². The van der Waals surface area contributed by atoms with Gasteiger partial charge in [-0.3, -0.25) is 14.4 Å². The molecule has 4 atom stereocenters. The highest BCUT2D eigenvalue weighted by Gasteiger charge is 2.49. The lowest BCUT2D eigenvalue weighted by Gasteiger charge is -2.33. The van der Waals surface area contributed by atoms with E-state index in [9.17, 15) is 14.4 Å². The fraction of sp³-hybridized carbons (Fsp3) is 0.423. The SMILES string of the molecule is CC(=O)O[C@H]1[C@H]([C@@H](OC(C)=O)C(SCc2ccccc2)SCc2ccccc2)SC[C@H]1OC(C)=O. The maximum Gasteiger partial charge on any atom is 0.303 e. The monoisotopic (exact) mass is 534 g/mol. The molecule has 1 aliphatic heterocycles.